The molecule has 250 valence electrons. The molecule has 1 aliphatic carbocycles. The summed E-state index contributed by atoms with van der Waals surface area (Å²) in [5.74, 6) is 0.713. The number of aromatic nitrogens is 2. The minimum absolute atomic E-state index is 0.0662. The van der Waals surface area contributed by atoms with Crippen LogP contribution < -0.4 is 0 Å². The summed E-state index contributed by atoms with van der Waals surface area (Å²) < 4.78 is 0. The van der Waals surface area contributed by atoms with Crippen LogP contribution in [-0.2, 0) is 5.41 Å². The molecule has 0 amide bonds. The van der Waals surface area contributed by atoms with Gasteiger partial charge in [0, 0.05) is 22.1 Å². The monoisotopic (exact) mass is 676 g/mol. The lowest BCUT2D eigenvalue weighted by Crippen LogP contribution is -2.14. The fraction of sp³-hybridized carbons (Fsp3) is 0.0588. The molecule has 53 heavy (non-hydrogen) atoms. The first-order valence-electron chi connectivity index (χ1n) is 18.3. The van der Waals surface area contributed by atoms with Crippen molar-refractivity contribution in [2.75, 3.05) is 0 Å². The largest absolute Gasteiger partial charge is 0.228 e. The molecule has 0 aliphatic heterocycles. The Balaban J connectivity index is 1.18. The van der Waals surface area contributed by atoms with Gasteiger partial charge in [-0.2, -0.15) is 0 Å². The van der Waals surface area contributed by atoms with Gasteiger partial charge in [0.15, 0.2) is 5.82 Å². The Morgan fingerprint density at radius 3 is 1.74 bits per heavy atom. The van der Waals surface area contributed by atoms with Crippen LogP contribution in [0.5, 0.6) is 0 Å². The summed E-state index contributed by atoms with van der Waals surface area (Å²) in [5.41, 5.74) is 15.2. The summed E-state index contributed by atoms with van der Waals surface area (Å²) in [6, 6.07) is 65.3. The number of rotatable bonds is 5. The van der Waals surface area contributed by atoms with Crippen molar-refractivity contribution in [3.63, 3.8) is 0 Å². The summed E-state index contributed by atoms with van der Waals surface area (Å²) in [6.07, 6.45) is 0. The van der Waals surface area contributed by atoms with Crippen LogP contribution in [0.4, 0.5) is 0 Å². The zero-order chi connectivity index (χ0) is 35.5. The molecule has 0 bridgehead atoms. The third kappa shape index (κ3) is 5.10. The molecule has 10 rings (SSSR count). The molecule has 2 nitrogen and oxygen atoms in total. The molecule has 1 aromatic heterocycles. The molecule has 1 aliphatic rings. The Kier molecular flexibility index (Phi) is 7.19. The highest BCUT2D eigenvalue weighted by Gasteiger charge is 2.36. The topological polar surface area (TPSA) is 25.8 Å². The molecule has 8 aromatic carbocycles. The lowest BCUT2D eigenvalue weighted by Gasteiger charge is -2.21. The van der Waals surface area contributed by atoms with Gasteiger partial charge >= 0.3 is 0 Å². The molecule has 0 radical (unpaired) electrons. The van der Waals surface area contributed by atoms with Crippen molar-refractivity contribution in [3.05, 3.63) is 193 Å². The van der Waals surface area contributed by atoms with E-state index in [9.17, 15) is 0 Å². The molecule has 2 heteroatoms. The van der Waals surface area contributed by atoms with Crippen molar-refractivity contribution in [2.24, 2.45) is 0 Å². The van der Waals surface area contributed by atoms with Gasteiger partial charge in [0.1, 0.15) is 0 Å². The molecule has 9 aromatic rings. The van der Waals surface area contributed by atoms with Crippen LogP contribution in [0.25, 0.3) is 88.8 Å². The van der Waals surface area contributed by atoms with Crippen molar-refractivity contribution < 1.29 is 0 Å². The van der Waals surface area contributed by atoms with E-state index in [0.717, 1.165) is 33.5 Å². The van der Waals surface area contributed by atoms with E-state index >= 15 is 0 Å². The van der Waals surface area contributed by atoms with Crippen LogP contribution in [0.2, 0.25) is 0 Å². The Morgan fingerprint density at radius 1 is 0.358 bits per heavy atom. The van der Waals surface area contributed by atoms with Crippen molar-refractivity contribution >= 4 is 21.5 Å². The van der Waals surface area contributed by atoms with Gasteiger partial charge in [-0.3, -0.25) is 0 Å². The zero-order valence-electron chi connectivity index (χ0n) is 29.7. The Hall–Kier alpha value is -6.64. The lowest BCUT2D eigenvalue weighted by atomic mass is 9.81. The first kappa shape index (κ1) is 31.1. The van der Waals surface area contributed by atoms with Gasteiger partial charge in [0.05, 0.1) is 11.4 Å². The summed E-state index contributed by atoms with van der Waals surface area (Å²) in [6.45, 7) is 4.69. The number of fused-ring (bicyclic) bond motifs is 5. The van der Waals surface area contributed by atoms with Crippen molar-refractivity contribution in [1.82, 2.24) is 9.97 Å². The average Bonchev–Trinajstić information content (AvgIpc) is 3.46. The Morgan fingerprint density at radius 2 is 0.906 bits per heavy atom. The second kappa shape index (κ2) is 12.3. The minimum Gasteiger partial charge on any atom is -0.228 e. The Bertz CT molecular complexity index is 2840. The van der Waals surface area contributed by atoms with Gasteiger partial charge in [-0.15, -0.1) is 0 Å². The summed E-state index contributed by atoms with van der Waals surface area (Å²) in [7, 11) is 0. The van der Waals surface area contributed by atoms with Crippen LogP contribution in [0.3, 0.4) is 0 Å². The first-order chi connectivity index (χ1) is 26.0. The highest BCUT2D eigenvalue weighted by Crippen LogP contribution is 2.53. The molecular weight excluding hydrogens is 641 g/mol. The summed E-state index contributed by atoms with van der Waals surface area (Å²) in [4.78, 5) is 10.7. The van der Waals surface area contributed by atoms with E-state index in [2.05, 4.69) is 196 Å². The van der Waals surface area contributed by atoms with Gasteiger partial charge in [0.2, 0.25) is 0 Å². The number of nitrogens with zero attached hydrogens (tertiary/aromatic N) is 2. The average molecular weight is 677 g/mol. The maximum absolute atomic E-state index is 5.36. The minimum atomic E-state index is -0.0662. The van der Waals surface area contributed by atoms with E-state index in [1.807, 2.05) is 0 Å². The maximum atomic E-state index is 5.36. The third-order valence-corrected chi connectivity index (χ3v) is 11.1. The van der Waals surface area contributed by atoms with Crippen LogP contribution in [0.1, 0.15) is 25.0 Å². The third-order valence-electron chi connectivity index (χ3n) is 11.1. The number of hydrogen-bond donors (Lipinski definition) is 0. The SMILES string of the molecule is CC1(C)c2ccccc2-c2c(-c3ccc(-c4nc(-c5ccc(-c6ccccc6)cc5)cc(-c5cccc6ccccc56)n4)c4ccccc34)cccc21. The van der Waals surface area contributed by atoms with Gasteiger partial charge in [-0.25, -0.2) is 9.97 Å². The molecule has 1 heterocycles. The zero-order valence-corrected chi connectivity index (χ0v) is 29.7. The molecule has 0 spiro atoms. The molecule has 0 N–H and O–H groups in total. The second-order valence-corrected chi connectivity index (χ2v) is 14.5. The fourth-order valence-electron chi connectivity index (χ4n) is 8.47. The van der Waals surface area contributed by atoms with Crippen LogP contribution in [0.15, 0.2) is 182 Å². The second-order valence-electron chi connectivity index (χ2n) is 14.5. The number of hydrogen-bond acceptors (Lipinski definition) is 2. The smallest absolute Gasteiger partial charge is 0.161 e. The van der Waals surface area contributed by atoms with Crippen molar-refractivity contribution in [3.8, 4) is 67.3 Å². The van der Waals surface area contributed by atoms with Crippen molar-refractivity contribution in [1.29, 1.82) is 0 Å². The maximum Gasteiger partial charge on any atom is 0.161 e. The van der Waals surface area contributed by atoms with Gasteiger partial charge < -0.3 is 0 Å². The molecule has 0 fully saturated rings. The molecule has 0 atom stereocenters. The van der Waals surface area contributed by atoms with Gasteiger partial charge in [0.25, 0.3) is 0 Å². The molecule has 0 saturated heterocycles. The van der Waals surface area contributed by atoms with E-state index in [0.29, 0.717) is 5.82 Å². The first-order valence-corrected chi connectivity index (χ1v) is 18.3. The highest BCUT2D eigenvalue weighted by atomic mass is 14.9. The normalized spacial score (nSPS) is 12.9. The van der Waals surface area contributed by atoms with Crippen molar-refractivity contribution in [2.45, 2.75) is 19.3 Å². The van der Waals surface area contributed by atoms with Crippen LogP contribution in [0, 0.1) is 0 Å². The van der Waals surface area contributed by atoms with E-state index in [-0.39, 0.29) is 5.41 Å². The Labute approximate surface area is 310 Å². The fourth-order valence-corrected chi connectivity index (χ4v) is 8.47. The molecular formula is C51H36N2. The van der Waals surface area contributed by atoms with Crippen LogP contribution in [-0.4, -0.2) is 9.97 Å². The highest BCUT2D eigenvalue weighted by molar-refractivity contribution is 6.08. The summed E-state index contributed by atoms with van der Waals surface area (Å²) >= 11 is 0. The van der Waals surface area contributed by atoms with Crippen LogP contribution >= 0.6 is 0 Å². The van der Waals surface area contributed by atoms with Gasteiger partial charge in [-0.1, -0.05) is 184 Å². The number of benzene rings is 8. The predicted molar refractivity (Wildman–Crippen MR) is 222 cm³/mol. The van der Waals surface area contributed by atoms with E-state index in [1.54, 1.807) is 0 Å². The van der Waals surface area contributed by atoms with E-state index < -0.39 is 0 Å². The van der Waals surface area contributed by atoms with E-state index in [1.165, 1.54) is 60.7 Å². The van der Waals surface area contributed by atoms with Gasteiger partial charge in [-0.05, 0) is 78.2 Å². The lowest BCUT2D eigenvalue weighted by molar-refractivity contribution is 0.660. The summed E-state index contributed by atoms with van der Waals surface area (Å²) in [5, 5.41) is 4.68. The standard InChI is InChI=1S/C51H36N2/c1-51(2)45-24-11-10-21-44(45)49-42(23-13-25-46(49)51)40-30-31-43(39-20-9-8-19-38(39)40)50-52-47(36-28-26-34(27-29-36)33-14-4-3-5-15-33)32-48(53-50)41-22-12-17-35-16-6-7-18-37(35)41/h3-32H,1-2H3. The quantitative estimate of drug-likeness (QED) is 0.181. The molecule has 0 unspecified atom stereocenters. The molecule has 0 saturated carbocycles. The predicted octanol–water partition coefficient (Wildman–Crippen LogP) is 13.4. The van der Waals surface area contributed by atoms with E-state index in [4.69, 9.17) is 9.97 Å².